The maximum absolute atomic E-state index is 13.5. The lowest BCUT2D eigenvalue weighted by Gasteiger charge is -2.27. The molecular formula is C17H19ClFNO3. The lowest BCUT2D eigenvalue weighted by molar-refractivity contribution is -0.139. The molecule has 6 heteroatoms. The van der Waals surface area contributed by atoms with Gasteiger partial charge in [-0.1, -0.05) is 11.6 Å². The maximum Gasteiger partial charge on any atom is 0.303 e. The van der Waals surface area contributed by atoms with Gasteiger partial charge in [0, 0.05) is 18.0 Å². The summed E-state index contributed by atoms with van der Waals surface area (Å²) in [6, 6.07) is 3.99. The van der Waals surface area contributed by atoms with Crippen LogP contribution in [-0.2, 0) is 9.59 Å². The van der Waals surface area contributed by atoms with E-state index in [1.54, 1.807) is 4.90 Å². The van der Waals surface area contributed by atoms with E-state index >= 15 is 0 Å². The Kier molecular flexibility index (Phi) is 4.32. The summed E-state index contributed by atoms with van der Waals surface area (Å²) in [7, 11) is 0. The molecule has 124 valence electrons. The van der Waals surface area contributed by atoms with Gasteiger partial charge in [-0.3, -0.25) is 9.59 Å². The standard InChI is InChI=1S/C17H19ClFNO3/c18-13-4-3-11(19)8-12(13)14-2-1-7-20(14)15(21)9-17(5-6-17)10-16(22)23/h3-4,8,14H,1-2,5-7,9-10H2,(H,22,23). The van der Waals surface area contributed by atoms with E-state index in [1.165, 1.54) is 18.2 Å². The number of aliphatic carboxylic acids is 1. The van der Waals surface area contributed by atoms with Crippen LogP contribution < -0.4 is 0 Å². The van der Waals surface area contributed by atoms with Gasteiger partial charge in [-0.05, 0) is 54.9 Å². The third-order valence-electron chi connectivity index (χ3n) is 4.90. The Labute approximate surface area is 139 Å². The first-order valence-corrected chi connectivity index (χ1v) is 8.24. The van der Waals surface area contributed by atoms with Crippen LogP contribution in [-0.4, -0.2) is 28.4 Å². The van der Waals surface area contributed by atoms with E-state index in [9.17, 15) is 14.0 Å². The third-order valence-corrected chi connectivity index (χ3v) is 5.24. The summed E-state index contributed by atoms with van der Waals surface area (Å²) in [4.78, 5) is 25.3. The van der Waals surface area contributed by atoms with Gasteiger partial charge in [0.1, 0.15) is 5.82 Å². The first-order chi connectivity index (χ1) is 10.9. The SMILES string of the molecule is O=C(O)CC1(CC(=O)N2CCCC2c2cc(F)ccc2Cl)CC1. The second-order valence-electron chi connectivity index (χ2n) is 6.66. The quantitative estimate of drug-likeness (QED) is 0.888. The highest BCUT2D eigenvalue weighted by molar-refractivity contribution is 6.31. The number of benzene rings is 1. The minimum Gasteiger partial charge on any atom is -0.481 e. The summed E-state index contributed by atoms with van der Waals surface area (Å²) in [5.41, 5.74) is 0.266. The Morgan fingerprint density at radius 2 is 2.09 bits per heavy atom. The zero-order valence-electron chi connectivity index (χ0n) is 12.7. The topological polar surface area (TPSA) is 57.6 Å². The van der Waals surface area contributed by atoms with Gasteiger partial charge < -0.3 is 10.0 Å². The first-order valence-electron chi connectivity index (χ1n) is 7.86. The normalized spacial score (nSPS) is 22.2. The highest BCUT2D eigenvalue weighted by Gasteiger charge is 2.47. The fourth-order valence-corrected chi connectivity index (χ4v) is 3.74. The zero-order valence-corrected chi connectivity index (χ0v) is 13.5. The summed E-state index contributed by atoms with van der Waals surface area (Å²) in [6.45, 7) is 0.611. The second-order valence-corrected chi connectivity index (χ2v) is 7.07. The summed E-state index contributed by atoms with van der Waals surface area (Å²) in [6.07, 6.45) is 3.45. The minimum atomic E-state index is -0.860. The molecule has 23 heavy (non-hydrogen) atoms. The van der Waals surface area contributed by atoms with Crippen LogP contribution in [0.4, 0.5) is 4.39 Å². The summed E-state index contributed by atoms with van der Waals surface area (Å²) < 4.78 is 13.5. The van der Waals surface area contributed by atoms with Crippen LogP contribution in [0, 0.1) is 11.2 Å². The lowest BCUT2D eigenvalue weighted by atomic mass is 9.96. The first kappa shape index (κ1) is 16.2. The van der Waals surface area contributed by atoms with Gasteiger partial charge in [0.05, 0.1) is 12.5 Å². The maximum atomic E-state index is 13.5. The molecule has 1 saturated heterocycles. The van der Waals surface area contributed by atoms with Crippen molar-refractivity contribution in [1.82, 2.24) is 4.90 Å². The molecule has 4 nitrogen and oxygen atoms in total. The smallest absolute Gasteiger partial charge is 0.303 e. The van der Waals surface area contributed by atoms with E-state index < -0.39 is 5.97 Å². The van der Waals surface area contributed by atoms with Crippen LogP contribution in [0.15, 0.2) is 18.2 Å². The van der Waals surface area contributed by atoms with Gasteiger partial charge in [-0.2, -0.15) is 0 Å². The van der Waals surface area contributed by atoms with Crippen molar-refractivity contribution in [3.05, 3.63) is 34.6 Å². The molecular weight excluding hydrogens is 321 g/mol. The zero-order chi connectivity index (χ0) is 16.6. The number of carbonyl (C=O) groups is 2. The molecule has 1 aliphatic carbocycles. The number of halogens is 2. The molecule has 3 rings (SSSR count). The van der Waals surface area contributed by atoms with Crippen molar-refractivity contribution in [2.75, 3.05) is 6.54 Å². The van der Waals surface area contributed by atoms with Crippen molar-refractivity contribution in [3.8, 4) is 0 Å². The molecule has 0 bridgehead atoms. The van der Waals surface area contributed by atoms with Gasteiger partial charge in [-0.25, -0.2) is 4.39 Å². The molecule has 1 aliphatic heterocycles. The molecule has 1 atom stereocenters. The van der Waals surface area contributed by atoms with Gasteiger partial charge in [0.25, 0.3) is 0 Å². The average Bonchev–Trinajstić information content (AvgIpc) is 3.03. The van der Waals surface area contributed by atoms with Gasteiger partial charge in [0.2, 0.25) is 5.91 Å². The van der Waals surface area contributed by atoms with Gasteiger partial charge in [0.15, 0.2) is 0 Å². The summed E-state index contributed by atoms with van der Waals surface area (Å²) in [5.74, 6) is -1.28. The van der Waals surface area contributed by atoms with E-state index in [4.69, 9.17) is 16.7 Å². The Balaban J connectivity index is 1.75. The van der Waals surface area contributed by atoms with E-state index in [0.29, 0.717) is 17.1 Å². The number of carboxylic acids is 1. The molecule has 2 fully saturated rings. The van der Waals surface area contributed by atoms with Crippen LogP contribution in [0.1, 0.15) is 50.1 Å². The average molecular weight is 340 g/mol. The molecule has 1 N–H and O–H groups in total. The van der Waals surface area contributed by atoms with Crippen LogP contribution in [0.25, 0.3) is 0 Å². The molecule has 0 spiro atoms. The van der Waals surface area contributed by atoms with E-state index in [0.717, 1.165) is 25.7 Å². The molecule has 1 unspecified atom stereocenters. The van der Waals surface area contributed by atoms with E-state index in [-0.39, 0.29) is 36.0 Å². The Morgan fingerprint density at radius 3 is 2.74 bits per heavy atom. The second kappa shape index (κ2) is 6.11. The molecule has 1 aromatic rings. The minimum absolute atomic E-state index is 0.0397. The van der Waals surface area contributed by atoms with Crippen LogP contribution in [0.5, 0.6) is 0 Å². The highest BCUT2D eigenvalue weighted by Crippen LogP contribution is 2.52. The van der Waals surface area contributed by atoms with Crippen molar-refractivity contribution in [2.45, 2.75) is 44.6 Å². The summed E-state index contributed by atoms with van der Waals surface area (Å²) in [5, 5.41) is 9.44. The Morgan fingerprint density at radius 1 is 1.35 bits per heavy atom. The molecule has 1 saturated carbocycles. The molecule has 2 aliphatic rings. The predicted molar refractivity (Wildman–Crippen MR) is 83.6 cm³/mol. The largest absolute Gasteiger partial charge is 0.481 e. The van der Waals surface area contributed by atoms with Gasteiger partial charge >= 0.3 is 5.97 Å². The van der Waals surface area contributed by atoms with Crippen molar-refractivity contribution >= 4 is 23.5 Å². The van der Waals surface area contributed by atoms with E-state index in [1.807, 2.05) is 0 Å². The molecule has 1 heterocycles. The fourth-order valence-electron chi connectivity index (χ4n) is 3.49. The van der Waals surface area contributed by atoms with Crippen LogP contribution in [0.3, 0.4) is 0 Å². The molecule has 0 radical (unpaired) electrons. The monoisotopic (exact) mass is 339 g/mol. The molecule has 0 aromatic heterocycles. The number of carbonyl (C=O) groups excluding carboxylic acids is 1. The number of rotatable bonds is 5. The molecule has 1 amide bonds. The van der Waals surface area contributed by atoms with Crippen LogP contribution >= 0.6 is 11.6 Å². The number of likely N-dealkylation sites (tertiary alicyclic amines) is 1. The van der Waals surface area contributed by atoms with Crippen molar-refractivity contribution < 1.29 is 19.1 Å². The number of nitrogens with zero attached hydrogens (tertiary/aromatic N) is 1. The number of carboxylic acid groups (broad SMARTS) is 1. The third kappa shape index (κ3) is 3.50. The number of amides is 1. The number of hydrogen-bond acceptors (Lipinski definition) is 2. The lowest BCUT2D eigenvalue weighted by Crippen LogP contribution is -2.33. The van der Waals surface area contributed by atoms with Gasteiger partial charge in [-0.15, -0.1) is 0 Å². The fraction of sp³-hybridized carbons (Fsp3) is 0.529. The van der Waals surface area contributed by atoms with Crippen molar-refractivity contribution in [1.29, 1.82) is 0 Å². The van der Waals surface area contributed by atoms with E-state index in [2.05, 4.69) is 0 Å². The Hall–Kier alpha value is -1.62. The Bertz CT molecular complexity index is 645. The number of hydrogen-bond donors (Lipinski definition) is 1. The highest BCUT2D eigenvalue weighted by atomic mass is 35.5. The predicted octanol–water partition coefficient (Wildman–Crippen LogP) is 3.79. The van der Waals surface area contributed by atoms with Crippen molar-refractivity contribution in [3.63, 3.8) is 0 Å². The van der Waals surface area contributed by atoms with Crippen molar-refractivity contribution in [2.24, 2.45) is 5.41 Å². The van der Waals surface area contributed by atoms with Crippen LogP contribution in [0.2, 0.25) is 5.02 Å². The molecule has 1 aromatic carbocycles. The summed E-state index contributed by atoms with van der Waals surface area (Å²) >= 11 is 6.18.